The molecule has 1 rings (SSSR count). The van der Waals surface area contributed by atoms with Gasteiger partial charge in [-0.15, -0.1) is 0 Å². The Bertz CT molecular complexity index is 310. The minimum absolute atomic E-state index is 0.504. The van der Waals surface area contributed by atoms with Crippen LogP contribution in [0.25, 0.3) is 0 Å². The van der Waals surface area contributed by atoms with Gasteiger partial charge in [-0.25, -0.2) is 4.79 Å². The molecule has 1 unspecified atom stereocenters. The van der Waals surface area contributed by atoms with Crippen LogP contribution in [-0.4, -0.2) is 35.4 Å². The van der Waals surface area contributed by atoms with Crippen LogP contribution >= 0.6 is 0 Å². The number of hydrogen-bond acceptors (Lipinski definition) is 3. The van der Waals surface area contributed by atoms with Crippen LogP contribution in [0.1, 0.15) is 38.5 Å². The van der Waals surface area contributed by atoms with E-state index in [0.717, 1.165) is 19.3 Å². The molecule has 1 aliphatic carbocycles. The van der Waals surface area contributed by atoms with Crippen molar-refractivity contribution in [1.82, 2.24) is 0 Å². The predicted molar refractivity (Wildman–Crippen MR) is 54.6 cm³/mol. The number of halogens is 5. The fourth-order valence-corrected chi connectivity index (χ4v) is 1.87. The molecule has 0 radical (unpaired) electrons. The summed E-state index contributed by atoms with van der Waals surface area (Å²) >= 11 is 0. The summed E-state index contributed by atoms with van der Waals surface area (Å²) in [6, 6.07) is 0. The summed E-state index contributed by atoms with van der Waals surface area (Å²) < 4.78 is 65.7. The van der Waals surface area contributed by atoms with Gasteiger partial charge in [-0.2, -0.15) is 22.0 Å². The van der Waals surface area contributed by atoms with Crippen molar-refractivity contribution >= 4 is 5.97 Å². The van der Waals surface area contributed by atoms with E-state index in [-0.39, 0.29) is 0 Å². The van der Waals surface area contributed by atoms with Gasteiger partial charge < -0.3 is 9.84 Å². The third-order valence-corrected chi connectivity index (χ3v) is 2.97. The summed E-state index contributed by atoms with van der Waals surface area (Å²) in [5, 5.41) is 9.09. The molecule has 1 fully saturated rings. The quantitative estimate of drug-likeness (QED) is 0.639. The molecule has 3 nitrogen and oxygen atoms in total. The lowest BCUT2D eigenvalue weighted by Gasteiger charge is -2.25. The Morgan fingerprint density at radius 1 is 1.16 bits per heavy atom. The summed E-state index contributed by atoms with van der Waals surface area (Å²) in [6.45, 7) is 0. The van der Waals surface area contributed by atoms with Crippen molar-refractivity contribution in [3.05, 3.63) is 0 Å². The Morgan fingerprint density at radius 2 is 1.68 bits per heavy atom. The van der Waals surface area contributed by atoms with E-state index in [0.29, 0.717) is 12.8 Å². The standard InChI is InChI=1S/C11H15F5O3/c12-10(13,11(14,15)16)6-8(17)9(18)19-7-4-2-1-3-5-7/h7-8,17H,1-6H2. The number of aliphatic hydroxyl groups excluding tert-OH is 1. The van der Waals surface area contributed by atoms with E-state index in [1.807, 2.05) is 0 Å². The zero-order valence-corrected chi connectivity index (χ0v) is 10.1. The second-order valence-corrected chi connectivity index (χ2v) is 4.62. The molecule has 19 heavy (non-hydrogen) atoms. The molecule has 8 heteroatoms. The van der Waals surface area contributed by atoms with Crippen LogP contribution in [0, 0.1) is 0 Å². The number of carbonyl (C=O) groups excluding carboxylic acids is 1. The fourth-order valence-electron chi connectivity index (χ4n) is 1.87. The summed E-state index contributed by atoms with van der Waals surface area (Å²) in [6.07, 6.45) is -7.15. The highest BCUT2D eigenvalue weighted by atomic mass is 19.4. The molecule has 1 N–H and O–H groups in total. The van der Waals surface area contributed by atoms with Crippen LogP contribution in [0.4, 0.5) is 22.0 Å². The predicted octanol–water partition coefficient (Wildman–Crippen LogP) is 2.81. The molecule has 112 valence electrons. The van der Waals surface area contributed by atoms with E-state index in [2.05, 4.69) is 0 Å². The molecule has 0 aliphatic heterocycles. The molecule has 0 spiro atoms. The monoisotopic (exact) mass is 290 g/mol. The molecule has 1 aliphatic rings. The summed E-state index contributed by atoms with van der Waals surface area (Å²) in [4.78, 5) is 11.2. The Labute approximate surface area is 106 Å². The zero-order chi connectivity index (χ0) is 14.7. The fraction of sp³-hybridized carbons (Fsp3) is 0.909. The van der Waals surface area contributed by atoms with Gasteiger partial charge in [-0.3, -0.25) is 0 Å². The van der Waals surface area contributed by atoms with Gasteiger partial charge in [0.2, 0.25) is 0 Å². The maximum atomic E-state index is 12.6. The Balaban J connectivity index is 2.48. The summed E-state index contributed by atoms with van der Waals surface area (Å²) in [5.41, 5.74) is 0. The second kappa shape index (κ2) is 6.02. The first kappa shape index (κ1) is 16.1. The average molecular weight is 290 g/mol. The van der Waals surface area contributed by atoms with Gasteiger partial charge in [0.1, 0.15) is 6.10 Å². The largest absolute Gasteiger partial charge is 0.460 e. The van der Waals surface area contributed by atoms with E-state index in [1.165, 1.54) is 0 Å². The van der Waals surface area contributed by atoms with E-state index < -0.39 is 36.7 Å². The molecule has 0 aromatic heterocycles. The van der Waals surface area contributed by atoms with E-state index in [4.69, 9.17) is 9.84 Å². The highest BCUT2D eigenvalue weighted by Gasteiger charge is 2.58. The molecule has 0 heterocycles. The molecule has 0 amide bonds. The second-order valence-electron chi connectivity index (χ2n) is 4.62. The van der Waals surface area contributed by atoms with Gasteiger partial charge in [0, 0.05) is 0 Å². The van der Waals surface area contributed by atoms with Crippen LogP contribution in [0.3, 0.4) is 0 Å². The Hall–Kier alpha value is -0.920. The number of esters is 1. The van der Waals surface area contributed by atoms with Crippen molar-refractivity contribution in [3.63, 3.8) is 0 Å². The van der Waals surface area contributed by atoms with Crippen LogP contribution < -0.4 is 0 Å². The molecule has 1 atom stereocenters. The van der Waals surface area contributed by atoms with Crippen molar-refractivity contribution in [2.75, 3.05) is 0 Å². The van der Waals surface area contributed by atoms with E-state index >= 15 is 0 Å². The third kappa shape index (κ3) is 4.59. The lowest BCUT2D eigenvalue weighted by Crippen LogP contribution is -2.42. The van der Waals surface area contributed by atoms with Crippen molar-refractivity contribution < 1.29 is 36.6 Å². The maximum Gasteiger partial charge on any atom is 0.453 e. The SMILES string of the molecule is O=C(OC1CCCCC1)C(O)CC(F)(F)C(F)(F)F. The first-order valence-electron chi connectivity index (χ1n) is 5.96. The normalized spacial score (nSPS) is 20.1. The number of aliphatic hydroxyl groups is 1. The first-order valence-corrected chi connectivity index (χ1v) is 5.96. The van der Waals surface area contributed by atoms with Crippen molar-refractivity contribution in [2.45, 2.75) is 62.8 Å². The zero-order valence-electron chi connectivity index (χ0n) is 10.1. The Morgan fingerprint density at radius 3 is 2.16 bits per heavy atom. The van der Waals surface area contributed by atoms with Crippen LogP contribution in [0.2, 0.25) is 0 Å². The average Bonchev–Trinajstić information content (AvgIpc) is 2.28. The molecular formula is C11H15F5O3. The lowest BCUT2D eigenvalue weighted by atomic mass is 9.98. The number of ether oxygens (including phenoxy) is 1. The number of rotatable bonds is 4. The highest BCUT2D eigenvalue weighted by molar-refractivity contribution is 5.74. The van der Waals surface area contributed by atoms with E-state index in [1.54, 1.807) is 0 Å². The lowest BCUT2D eigenvalue weighted by molar-refractivity contribution is -0.290. The molecule has 0 aromatic carbocycles. The van der Waals surface area contributed by atoms with Crippen molar-refractivity contribution in [2.24, 2.45) is 0 Å². The maximum absolute atomic E-state index is 12.6. The van der Waals surface area contributed by atoms with Gasteiger partial charge in [-0.05, 0) is 25.7 Å². The highest BCUT2D eigenvalue weighted by Crippen LogP contribution is 2.39. The van der Waals surface area contributed by atoms with Gasteiger partial charge in [0.15, 0.2) is 6.10 Å². The molecule has 0 bridgehead atoms. The van der Waals surface area contributed by atoms with Gasteiger partial charge in [0.05, 0.1) is 6.42 Å². The minimum atomic E-state index is -5.79. The summed E-state index contributed by atoms with van der Waals surface area (Å²) in [5.74, 6) is -6.53. The van der Waals surface area contributed by atoms with Crippen molar-refractivity contribution in [1.29, 1.82) is 0 Å². The van der Waals surface area contributed by atoms with E-state index in [9.17, 15) is 26.7 Å². The van der Waals surface area contributed by atoms with Crippen LogP contribution in [0.15, 0.2) is 0 Å². The molecule has 0 saturated heterocycles. The van der Waals surface area contributed by atoms with Crippen molar-refractivity contribution in [3.8, 4) is 0 Å². The summed E-state index contributed by atoms with van der Waals surface area (Å²) in [7, 11) is 0. The molecular weight excluding hydrogens is 275 g/mol. The van der Waals surface area contributed by atoms with Gasteiger partial charge >= 0.3 is 18.1 Å². The third-order valence-electron chi connectivity index (χ3n) is 2.97. The minimum Gasteiger partial charge on any atom is -0.460 e. The van der Waals surface area contributed by atoms with Gasteiger partial charge in [-0.1, -0.05) is 6.42 Å². The number of carbonyl (C=O) groups is 1. The molecule has 1 saturated carbocycles. The smallest absolute Gasteiger partial charge is 0.453 e. The Kier molecular flexibility index (Phi) is 5.11. The van der Waals surface area contributed by atoms with Crippen LogP contribution in [0.5, 0.6) is 0 Å². The van der Waals surface area contributed by atoms with Gasteiger partial charge in [0.25, 0.3) is 0 Å². The number of hydrogen-bond donors (Lipinski definition) is 1. The van der Waals surface area contributed by atoms with Crippen LogP contribution in [-0.2, 0) is 9.53 Å². The topological polar surface area (TPSA) is 46.5 Å². The number of alkyl halides is 5. The first-order chi connectivity index (χ1) is 8.63. The molecule has 0 aromatic rings.